The van der Waals surface area contributed by atoms with Crippen molar-refractivity contribution >= 4 is 21.8 Å². The van der Waals surface area contributed by atoms with Crippen molar-refractivity contribution in [3.05, 3.63) is 29.6 Å². The number of piperidine rings is 2. The lowest BCUT2D eigenvalue weighted by Crippen LogP contribution is -2.53. The van der Waals surface area contributed by atoms with Gasteiger partial charge in [-0.15, -0.1) is 0 Å². The fraction of sp³-hybridized carbons (Fsp3) is 0.652. The van der Waals surface area contributed by atoms with Crippen LogP contribution in [0.4, 0.5) is 9.18 Å². The summed E-state index contributed by atoms with van der Waals surface area (Å²) >= 11 is 0. The van der Waals surface area contributed by atoms with Gasteiger partial charge in [-0.1, -0.05) is 6.07 Å². The molecule has 2 fully saturated rings. The first kappa shape index (κ1) is 24.5. The first-order valence-corrected chi connectivity index (χ1v) is 13.0. The standard InChI is InChI=1S/C23H33FN2O5S/c1-23(2,3)31-22(28)25-12-9-18(10-13-25)26-11-5-6-17(21(26)27)14-16-7-8-19(15-20(16)24)32(4,29)30/h7-8,15,17-18H,5-6,9-14H2,1-4H3/t17-/m1/s1. The lowest BCUT2D eigenvalue weighted by molar-refractivity contribution is -0.142. The lowest BCUT2D eigenvalue weighted by Gasteiger charge is -2.42. The van der Waals surface area contributed by atoms with Crippen molar-refractivity contribution in [3.8, 4) is 0 Å². The number of amides is 2. The van der Waals surface area contributed by atoms with E-state index in [1.54, 1.807) is 4.90 Å². The highest BCUT2D eigenvalue weighted by Crippen LogP contribution is 2.29. The third-order valence-electron chi connectivity index (χ3n) is 6.06. The molecule has 2 saturated heterocycles. The van der Waals surface area contributed by atoms with Crippen molar-refractivity contribution in [1.29, 1.82) is 0 Å². The zero-order valence-corrected chi connectivity index (χ0v) is 20.1. The zero-order chi connectivity index (χ0) is 23.7. The number of halogens is 1. The van der Waals surface area contributed by atoms with Gasteiger partial charge in [0.05, 0.1) is 4.90 Å². The summed E-state index contributed by atoms with van der Waals surface area (Å²) in [4.78, 5) is 29.0. The van der Waals surface area contributed by atoms with Crippen LogP contribution >= 0.6 is 0 Å². The quantitative estimate of drug-likeness (QED) is 0.676. The van der Waals surface area contributed by atoms with Gasteiger partial charge in [-0.05, 0) is 70.6 Å². The molecule has 2 aliphatic rings. The molecule has 1 atom stereocenters. The van der Waals surface area contributed by atoms with Crippen LogP contribution in [0.5, 0.6) is 0 Å². The van der Waals surface area contributed by atoms with Gasteiger partial charge in [0.15, 0.2) is 9.84 Å². The minimum atomic E-state index is -3.48. The van der Waals surface area contributed by atoms with Crippen LogP contribution in [0.1, 0.15) is 52.0 Å². The molecule has 1 aromatic rings. The van der Waals surface area contributed by atoms with Crippen molar-refractivity contribution in [2.24, 2.45) is 5.92 Å². The van der Waals surface area contributed by atoms with Gasteiger partial charge in [0.25, 0.3) is 0 Å². The fourth-order valence-electron chi connectivity index (χ4n) is 4.40. The molecule has 2 amide bonds. The normalized spacial score (nSPS) is 21.0. The van der Waals surface area contributed by atoms with Gasteiger partial charge < -0.3 is 14.5 Å². The second-order valence-corrected chi connectivity index (χ2v) is 11.8. The van der Waals surface area contributed by atoms with Crippen molar-refractivity contribution in [3.63, 3.8) is 0 Å². The topological polar surface area (TPSA) is 84.0 Å². The lowest BCUT2D eigenvalue weighted by atomic mass is 9.88. The first-order chi connectivity index (χ1) is 14.8. The smallest absolute Gasteiger partial charge is 0.410 e. The van der Waals surface area contributed by atoms with Gasteiger partial charge in [0, 0.05) is 37.8 Å². The molecule has 32 heavy (non-hydrogen) atoms. The summed E-state index contributed by atoms with van der Waals surface area (Å²) in [5, 5.41) is 0. The maximum absolute atomic E-state index is 14.5. The minimum Gasteiger partial charge on any atom is -0.444 e. The van der Waals surface area contributed by atoms with Crippen molar-refractivity contribution in [1.82, 2.24) is 9.80 Å². The molecule has 7 nitrogen and oxygen atoms in total. The van der Waals surface area contributed by atoms with E-state index in [2.05, 4.69) is 0 Å². The molecule has 0 radical (unpaired) electrons. The number of hydrogen-bond donors (Lipinski definition) is 0. The first-order valence-electron chi connectivity index (χ1n) is 11.1. The number of hydrogen-bond acceptors (Lipinski definition) is 5. The number of ether oxygens (including phenoxy) is 1. The van der Waals surface area contributed by atoms with Crippen LogP contribution in [0, 0.1) is 11.7 Å². The molecule has 0 aliphatic carbocycles. The van der Waals surface area contributed by atoms with E-state index in [9.17, 15) is 22.4 Å². The number of sulfone groups is 1. The van der Waals surface area contributed by atoms with Gasteiger partial charge in [0.1, 0.15) is 11.4 Å². The predicted molar refractivity (Wildman–Crippen MR) is 118 cm³/mol. The van der Waals surface area contributed by atoms with Crippen LogP contribution in [0.3, 0.4) is 0 Å². The van der Waals surface area contributed by atoms with E-state index in [0.29, 0.717) is 44.5 Å². The Bertz CT molecular complexity index is 965. The summed E-state index contributed by atoms with van der Waals surface area (Å²) < 4.78 is 43.2. The molecule has 0 aromatic heterocycles. The number of carbonyl (C=O) groups excluding carboxylic acids is 2. The number of carbonyl (C=O) groups is 2. The monoisotopic (exact) mass is 468 g/mol. The summed E-state index contributed by atoms with van der Waals surface area (Å²) in [6, 6.07) is 3.95. The summed E-state index contributed by atoms with van der Waals surface area (Å²) in [7, 11) is -3.48. The molecule has 178 valence electrons. The molecular weight excluding hydrogens is 435 g/mol. The Balaban J connectivity index is 1.61. The molecule has 0 N–H and O–H groups in total. The molecule has 3 rings (SSSR count). The maximum atomic E-state index is 14.5. The molecule has 2 heterocycles. The number of likely N-dealkylation sites (tertiary alicyclic amines) is 2. The second kappa shape index (κ2) is 9.37. The van der Waals surface area contributed by atoms with Crippen LogP contribution < -0.4 is 0 Å². The van der Waals surface area contributed by atoms with Gasteiger partial charge in [-0.3, -0.25) is 4.79 Å². The zero-order valence-electron chi connectivity index (χ0n) is 19.3. The van der Waals surface area contributed by atoms with Crippen LogP contribution in [-0.2, 0) is 25.8 Å². The highest BCUT2D eigenvalue weighted by Gasteiger charge is 2.36. The molecule has 0 spiro atoms. The van der Waals surface area contributed by atoms with Gasteiger partial charge in [0.2, 0.25) is 5.91 Å². The van der Waals surface area contributed by atoms with Crippen LogP contribution in [0.25, 0.3) is 0 Å². The maximum Gasteiger partial charge on any atom is 0.410 e. The minimum absolute atomic E-state index is 0.0126. The van der Waals surface area contributed by atoms with E-state index in [4.69, 9.17) is 4.74 Å². The molecule has 1 aromatic carbocycles. The van der Waals surface area contributed by atoms with Crippen LogP contribution in [-0.4, -0.2) is 67.8 Å². The molecular formula is C23H33FN2O5S. The van der Waals surface area contributed by atoms with E-state index < -0.39 is 21.3 Å². The number of rotatable bonds is 4. The van der Waals surface area contributed by atoms with Gasteiger partial charge >= 0.3 is 6.09 Å². The Morgan fingerprint density at radius 3 is 2.38 bits per heavy atom. The summed E-state index contributed by atoms with van der Waals surface area (Å²) in [6.45, 7) is 7.25. The van der Waals surface area contributed by atoms with Crippen molar-refractivity contribution in [2.75, 3.05) is 25.9 Å². The number of benzene rings is 1. The third-order valence-corrected chi connectivity index (χ3v) is 7.17. The Labute approximate surface area is 189 Å². The van der Waals surface area contributed by atoms with Crippen molar-refractivity contribution in [2.45, 2.75) is 69.4 Å². The second-order valence-electron chi connectivity index (χ2n) is 9.80. The highest BCUT2D eigenvalue weighted by atomic mass is 32.2. The SMILES string of the molecule is CC(C)(C)OC(=O)N1CCC(N2CCC[C@H](Cc3ccc(S(C)(=O)=O)cc3F)C2=O)CC1. The Morgan fingerprint density at radius 2 is 1.81 bits per heavy atom. The van der Waals surface area contributed by atoms with E-state index in [0.717, 1.165) is 18.7 Å². The predicted octanol–water partition coefficient (Wildman–Crippen LogP) is 3.41. The van der Waals surface area contributed by atoms with Crippen molar-refractivity contribution < 1.29 is 27.1 Å². The fourth-order valence-corrected chi connectivity index (χ4v) is 5.04. The molecule has 0 bridgehead atoms. The molecule has 0 saturated carbocycles. The molecule has 9 heteroatoms. The largest absolute Gasteiger partial charge is 0.444 e. The van der Waals surface area contributed by atoms with Crippen LogP contribution in [0.2, 0.25) is 0 Å². The summed E-state index contributed by atoms with van der Waals surface area (Å²) in [5.74, 6) is -0.909. The molecule has 0 unspecified atom stereocenters. The average Bonchev–Trinajstić information content (AvgIpc) is 2.69. The summed E-state index contributed by atoms with van der Waals surface area (Å²) in [6.07, 6.45) is 3.86. The van der Waals surface area contributed by atoms with Gasteiger partial charge in [-0.2, -0.15) is 0 Å². The van der Waals surface area contributed by atoms with Crippen LogP contribution in [0.15, 0.2) is 23.1 Å². The van der Waals surface area contributed by atoms with E-state index in [1.807, 2.05) is 25.7 Å². The van der Waals surface area contributed by atoms with Gasteiger partial charge in [-0.25, -0.2) is 17.6 Å². The van der Waals surface area contributed by atoms with E-state index in [-0.39, 0.29) is 35.3 Å². The summed E-state index contributed by atoms with van der Waals surface area (Å²) in [5.41, 5.74) is -0.184. The third kappa shape index (κ3) is 5.99. The number of nitrogens with zero attached hydrogens (tertiary/aromatic N) is 2. The Kier molecular flexibility index (Phi) is 7.17. The molecule has 2 aliphatic heterocycles. The average molecular weight is 469 g/mol. The highest BCUT2D eigenvalue weighted by molar-refractivity contribution is 7.90. The Morgan fingerprint density at radius 1 is 1.16 bits per heavy atom. The Hall–Kier alpha value is -2.16. The van der Waals surface area contributed by atoms with E-state index >= 15 is 0 Å². The van der Waals surface area contributed by atoms with E-state index in [1.165, 1.54) is 12.1 Å².